The highest BCUT2D eigenvalue weighted by molar-refractivity contribution is 5.46. The van der Waals surface area contributed by atoms with E-state index in [1.54, 1.807) is 0 Å². The van der Waals surface area contributed by atoms with Crippen LogP contribution in [0.2, 0.25) is 0 Å². The second-order valence-electron chi connectivity index (χ2n) is 6.17. The second-order valence-corrected chi connectivity index (χ2v) is 6.17. The molecule has 0 radical (unpaired) electrons. The third-order valence-electron chi connectivity index (χ3n) is 4.33. The molecule has 2 rings (SSSR count). The van der Waals surface area contributed by atoms with Crippen molar-refractivity contribution in [2.75, 3.05) is 11.9 Å². The minimum Gasteiger partial charge on any atom is -0.396 e. The van der Waals surface area contributed by atoms with Gasteiger partial charge in [0.2, 0.25) is 0 Å². The maximum Gasteiger partial charge on any atom is 0.0434 e. The third-order valence-corrected chi connectivity index (χ3v) is 4.33. The SMILES string of the molecule is CC1CCC(Nc2cccc(CCCO)c2)C(C)C1. The largest absolute Gasteiger partial charge is 0.396 e. The van der Waals surface area contributed by atoms with Gasteiger partial charge >= 0.3 is 0 Å². The number of aliphatic hydroxyl groups is 1. The van der Waals surface area contributed by atoms with Crippen LogP contribution >= 0.6 is 0 Å². The molecule has 0 bridgehead atoms. The Morgan fingerprint density at radius 2 is 2.11 bits per heavy atom. The number of aryl methyl sites for hydroxylation is 1. The zero-order valence-corrected chi connectivity index (χ0v) is 12.2. The molecule has 0 heterocycles. The summed E-state index contributed by atoms with van der Waals surface area (Å²) >= 11 is 0. The molecule has 1 aromatic rings. The molecule has 0 aromatic heterocycles. The molecule has 0 spiro atoms. The van der Waals surface area contributed by atoms with Crippen LogP contribution in [0.25, 0.3) is 0 Å². The molecule has 0 amide bonds. The standard InChI is InChI=1S/C17H27NO/c1-13-8-9-17(14(2)11-13)18-16-7-3-5-15(12-16)6-4-10-19/h3,5,7,12-14,17-19H,4,6,8-11H2,1-2H3. The van der Waals surface area contributed by atoms with Crippen LogP contribution in [-0.4, -0.2) is 17.8 Å². The van der Waals surface area contributed by atoms with Crippen LogP contribution in [0.15, 0.2) is 24.3 Å². The van der Waals surface area contributed by atoms with Crippen LogP contribution in [0.1, 0.15) is 45.1 Å². The van der Waals surface area contributed by atoms with Crippen molar-refractivity contribution in [1.29, 1.82) is 0 Å². The van der Waals surface area contributed by atoms with Gasteiger partial charge in [-0.15, -0.1) is 0 Å². The smallest absolute Gasteiger partial charge is 0.0434 e. The van der Waals surface area contributed by atoms with Gasteiger partial charge in [0.1, 0.15) is 0 Å². The molecule has 2 N–H and O–H groups in total. The molecule has 1 aliphatic carbocycles. The lowest BCUT2D eigenvalue weighted by atomic mass is 9.80. The van der Waals surface area contributed by atoms with E-state index in [-0.39, 0.29) is 6.61 Å². The van der Waals surface area contributed by atoms with Crippen LogP contribution in [0.4, 0.5) is 5.69 Å². The molecule has 2 nitrogen and oxygen atoms in total. The molecular weight excluding hydrogens is 234 g/mol. The van der Waals surface area contributed by atoms with Gasteiger partial charge in [0.15, 0.2) is 0 Å². The minimum atomic E-state index is 0.273. The molecule has 1 aromatic carbocycles. The van der Waals surface area contributed by atoms with E-state index in [1.807, 2.05) is 0 Å². The summed E-state index contributed by atoms with van der Waals surface area (Å²) < 4.78 is 0. The van der Waals surface area contributed by atoms with Gasteiger partial charge in [-0.1, -0.05) is 26.0 Å². The van der Waals surface area contributed by atoms with E-state index in [0.717, 1.165) is 24.7 Å². The predicted molar refractivity (Wildman–Crippen MR) is 81.4 cm³/mol. The van der Waals surface area contributed by atoms with Gasteiger partial charge in [-0.05, 0) is 61.6 Å². The van der Waals surface area contributed by atoms with E-state index in [9.17, 15) is 0 Å². The highest BCUT2D eigenvalue weighted by Gasteiger charge is 2.24. The van der Waals surface area contributed by atoms with E-state index in [0.29, 0.717) is 6.04 Å². The van der Waals surface area contributed by atoms with Crippen LogP contribution in [-0.2, 0) is 6.42 Å². The summed E-state index contributed by atoms with van der Waals surface area (Å²) in [5, 5.41) is 12.6. The lowest BCUT2D eigenvalue weighted by molar-refractivity contribution is 0.276. The first-order valence-corrected chi connectivity index (χ1v) is 7.65. The number of rotatable bonds is 5. The van der Waals surface area contributed by atoms with Gasteiger partial charge in [-0.3, -0.25) is 0 Å². The summed E-state index contributed by atoms with van der Waals surface area (Å²) in [7, 11) is 0. The van der Waals surface area contributed by atoms with E-state index in [4.69, 9.17) is 5.11 Å². The highest BCUT2D eigenvalue weighted by Crippen LogP contribution is 2.30. The fourth-order valence-corrected chi connectivity index (χ4v) is 3.19. The summed E-state index contributed by atoms with van der Waals surface area (Å²) in [6.07, 6.45) is 5.77. The Bertz CT molecular complexity index is 391. The van der Waals surface area contributed by atoms with Crippen LogP contribution < -0.4 is 5.32 Å². The average molecular weight is 261 g/mol. The first-order chi connectivity index (χ1) is 9.19. The van der Waals surface area contributed by atoms with Crippen molar-refractivity contribution in [1.82, 2.24) is 0 Å². The maximum atomic E-state index is 8.90. The lowest BCUT2D eigenvalue weighted by Crippen LogP contribution is -2.32. The molecule has 1 fully saturated rings. The maximum absolute atomic E-state index is 8.90. The van der Waals surface area contributed by atoms with Gasteiger partial charge in [0.25, 0.3) is 0 Å². The Morgan fingerprint density at radius 1 is 1.26 bits per heavy atom. The van der Waals surface area contributed by atoms with Crippen LogP contribution in [0.5, 0.6) is 0 Å². The molecule has 106 valence electrons. The normalized spacial score (nSPS) is 27.2. The fourth-order valence-electron chi connectivity index (χ4n) is 3.19. The van der Waals surface area contributed by atoms with Crippen molar-refractivity contribution < 1.29 is 5.11 Å². The van der Waals surface area contributed by atoms with Gasteiger partial charge < -0.3 is 10.4 Å². The van der Waals surface area contributed by atoms with Gasteiger partial charge in [0, 0.05) is 18.3 Å². The summed E-state index contributed by atoms with van der Waals surface area (Å²) in [6.45, 7) is 5.00. The van der Waals surface area contributed by atoms with E-state index < -0.39 is 0 Å². The Labute approximate surface area is 117 Å². The monoisotopic (exact) mass is 261 g/mol. The fraction of sp³-hybridized carbons (Fsp3) is 0.647. The van der Waals surface area contributed by atoms with Gasteiger partial charge in [0.05, 0.1) is 0 Å². The van der Waals surface area contributed by atoms with Crippen molar-refractivity contribution >= 4 is 5.69 Å². The Hall–Kier alpha value is -1.02. The zero-order valence-electron chi connectivity index (χ0n) is 12.2. The molecule has 2 heteroatoms. The van der Waals surface area contributed by atoms with Crippen molar-refractivity contribution in [3.05, 3.63) is 29.8 Å². The number of aliphatic hydroxyl groups excluding tert-OH is 1. The number of nitrogens with one attached hydrogen (secondary N) is 1. The van der Waals surface area contributed by atoms with Gasteiger partial charge in [-0.25, -0.2) is 0 Å². The molecule has 3 atom stereocenters. The van der Waals surface area contributed by atoms with E-state index in [1.165, 1.54) is 30.5 Å². The van der Waals surface area contributed by atoms with Crippen LogP contribution in [0.3, 0.4) is 0 Å². The molecule has 0 aliphatic heterocycles. The molecular formula is C17H27NO. The average Bonchev–Trinajstić information content (AvgIpc) is 2.40. The van der Waals surface area contributed by atoms with Gasteiger partial charge in [-0.2, -0.15) is 0 Å². The van der Waals surface area contributed by atoms with Crippen molar-refractivity contribution in [3.8, 4) is 0 Å². The van der Waals surface area contributed by atoms with Crippen molar-refractivity contribution in [2.24, 2.45) is 11.8 Å². The molecule has 1 saturated carbocycles. The predicted octanol–water partition coefficient (Wildman–Crippen LogP) is 3.85. The van der Waals surface area contributed by atoms with E-state index in [2.05, 4.69) is 43.4 Å². The third kappa shape index (κ3) is 4.24. The summed E-state index contributed by atoms with van der Waals surface area (Å²) in [5.74, 6) is 1.63. The van der Waals surface area contributed by atoms with Crippen LogP contribution in [0, 0.1) is 11.8 Å². The minimum absolute atomic E-state index is 0.273. The number of hydrogen-bond donors (Lipinski definition) is 2. The van der Waals surface area contributed by atoms with Crippen molar-refractivity contribution in [3.63, 3.8) is 0 Å². The summed E-state index contributed by atoms with van der Waals surface area (Å²) in [5.41, 5.74) is 2.55. The quantitative estimate of drug-likeness (QED) is 0.844. The first-order valence-electron chi connectivity index (χ1n) is 7.65. The van der Waals surface area contributed by atoms with E-state index >= 15 is 0 Å². The lowest BCUT2D eigenvalue weighted by Gasteiger charge is -2.34. The summed E-state index contributed by atoms with van der Waals surface area (Å²) in [6, 6.07) is 9.27. The number of hydrogen-bond acceptors (Lipinski definition) is 2. The number of anilines is 1. The molecule has 19 heavy (non-hydrogen) atoms. The molecule has 0 saturated heterocycles. The molecule has 1 aliphatic rings. The Kier molecular flexibility index (Phi) is 5.26. The second kappa shape index (κ2) is 6.95. The van der Waals surface area contributed by atoms with Crippen molar-refractivity contribution in [2.45, 2.75) is 52.0 Å². The first kappa shape index (κ1) is 14.4. The zero-order chi connectivity index (χ0) is 13.7. The Balaban J connectivity index is 1.94. The topological polar surface area (TPSA) is 32.3 Å². The number of benzene rings is 1. The summed E-state index contributed by atoms with van der Waals surface area (Å²) in [4.78, 5) is 0. The highest BCUT2D eigenvalue weighted by atomic mass is 16.2. The Morgan fingerprint density at radius 3 is 2.84 bits per heavy atom. The molecule has 3 unspecified atom stereocenters.